The van der Waals surface area contributed by atoms with E-state index in [1.165, 1.54) is 32.4 Å². The van der Waals surface area contributed by atoms with Gasteiger partial charge in [0.2, 0.25) is 0 Å². The molecule has 112 valence electrons. The molecule has 5 heteroatoms. The quantitative estimate of drug-likeness (QED) is 0.889. The molecule has 2 rings (SSSR count). The molecule has 0 radical (unpaired) electrons. The van der Waals surface area contributed by atoms with Gasteiger partial charge in [-0.3, -0.25) is 0 Å². The summed E-state index contributed by atoms with van der Waals surface area (Å²) in [6.07, 6.45) is 0.642. The van der Waals surface area contributed by atoms with Gasteiger partial charge in [0.1, 0.15) is 11.6 Å². The molecule has 2 aromatic rings. The van der Waals surface area contributed by atoms with E-state index in [0.29, 0.717) is 35.6 Å². The summed E-state index contributed by atoms with van der Waals surface area (Å²) in [5.74, 6) is 0.496. The van der Waals surface area contributed by atoms with Gasteiger partial charge in [-0.25, -0.2) is 4.39 Å². The number of phenolic OH excluding ortho intramolecular Hbond substituents is 1. The Kier molecular flexibility index (Phi) is 4.65. The fraction of sp³-hybridized carbons (Fsp3) is 0.250. The van der Waals surface area contributed by atoms with Gasteiger partial charge in [-0.2, -0.15) is 0 Å². The second kappa shape index (κ2) is 6.45. The lowest BCUT2D eigenvalue weighted by molar-refractivity contribution is 0.355. The van der Waals surface area contributed by atoms with Gasteiger partial charge in [-0.1, -0.05) is 0 Å². The highest BCUT2D eigenvalue weighted by molar-refractivity contribution is 5.79. The van der Waals surface area contributed by atoms with Gasteiger partial charge in [0.05, 0.1) is 14.2 Å². The van der Waals surface area contributed by atoms with Crippen molar-refractivity contribution in [2.24, 2.45) is 5.73 Å². The third-order valence-corrected chi connectivity index (χ3v) is 3.22. The van der Waals surface area contributed by atoms with E-state index in [-0.39, 0.29) is 5.75 Å². The normalized spacial score (nSPS) is 10.5. The lowest BCUT2D eigenvalue weighted by Gasteiger charge is -2.16. The highest BCUT2D eigenvalue weighted by Gasteiger charge is 2.17. The first-order valence-electron chi connectivity index (χ1n) is 6.54. The van der Waals surface area contributed by atoms with E-state index < -0.39 is 5.82 Å². The summed E-state index contributed by atoms with van der Waals surface area (Å²) >= 11 is 0. The zero-order chi connectivity index (χ0) is 15.4. The summed E-state index contributed by atoms with van der Waals surface area (Å²) < 4.78 is 24.2. The van der Waals surface area contributed by atoms with Crippen LogP contribution < -0.4 is 15.2 Å². The monoisotopic (exact) mass is 291 g/mol. The van der Waals surface area contributed by atoms with Crippen LogP contribution in [0.15, 0.2) is 30.3 Å². The lowest BCUT2D eigenvalue weighted by Crippen LogP contribution is -2.04. The van der Waals surface area contributed by atoms with Crippen LogP contribution in [0.1, 0.15) is 5.56 Å². The molecule has 0 spiro atoms. The lowest BCUT2D eigenvalue weighted by atomic mass is 9.98. The van der Waals surface area contributed by atoms with Crippen molar-refractivity contribution in [2.75, 3.05) is 20.8 Å². The van der Waals surface area contributed by atoms with Gasteiger partial charge in [0.25, 0.3) is 0 Å². The van der Waals surface area contributed by atoms with Crippen molar-refractivity contribution in [3.63, 3.8) is 0 Å². The fourth-order valence-corrected chi connectivity index (χ4v) is 2.26. The first-order chi connectivity index (χ1) is 10.1. The van der Waals surface area contributed by atoms with Crippen LogP contribution in [-0.2, 0) is 6.42 Å². The van der Waals surface area contributed by atoms with E-state index in [4.69, 9.17) is 15.2 Å². The van der Waals surface area contributed by atoms with Gasteiger partial charge < -0.3 is 20.3 Å². The van der Waals surface area contributed by atoms with Crippen molar-refractivity contribution >= 4 is 0 Å². The number of methoxy groups -OCH3 is 2. The molecule has 4 nitrogen and oxygen atoms in total. The number of halogens is 1. The standard InChI is InChI=1S/C16H18FNO3/c1-20-15-8-10(5-6-18)7-13(16(15)21-2)12-9-11(17)3-4-14(12)19/h3-4,7-9,19H,5-6,18H2,1-2H3. The largest absolute Gasteiger partial charge is 0.507 e. The van der Waals surface area contributed by atoms with E-state index in [0.717, 1.165) is 5.56 Å². The van der Waals surface area contributed by atoms with E-state index >= 15 is 0 Å². The Morgan fingerprint density at radius 2 is 1.86 bits per heavy atom. The van der Waals surface area contributed by atoms with Crippen LogP contribution in [0.5, 0.6) is 17.2 Å². The predicted molar refractivity (Wildman–Crippen MR) is 79.4 cm³/mol. The van der Waals surface area contributed by atoms with Crippen molar-refractivity contribution in [2.45, 2.75) is 6.42 Å². The van der Waals surface area contributed by atoms with Crippen molar-refractivity contribution in [3.8, 4) is 28.4 Å². The number of aromatic hydroxyl groups is 1. The molecule has 0 fully saturated rings. The van der Waals surface area contributed by atoms with E-state index in [2.05, 4.69) is 0 Å². The van der Waals surface area contributed by atoms with Crippen LogP contribution >= 0.6 is 0 Å². The van der Waals surface area contributed by atoms with Crippen LogP contribution in [0.4, 0.5) is 4.39 Å². The summed E-state index contributed by atoms with van der Waals surface area (Å²) in [5, 5.41) is 10.0. The molecular weight excluding hydrogens is 273 g/mol. The average molecular weight is 291 g/mol. The maximum Gasteiger partial charge on any atom is 0.168 e. The number of rotatable bonds is 5. The Balaban J connectivity index is 2.69. The SMILES string of the molecule is COc1cc(CCN)cc(-c2cc(F)ccc2O)c1OC. The van der Waals surface area contributed by atoms with Gasteiger partial charge in [-0.05, 0) is 48.9 Å². The Hall–Kier alpha value is -2.27. The Labute approximate surface area is 122 Å². The van der Waals surface area contributed by atoms with Gasteiger partial charge >= 0.3 is 0 Å². The minimum absolute atomic E-state index is 0.0262. The molecule has 0 saturated heterocycles. The molecule has 0 saturated carbocycles. The number of phenols is 1. The zero-order valence-corrected chi connectivity index (χ0v) is 12.0. The summed E-state index contributed by atoms with van der Waals surface area (Å²) in [6.45, 7) is 0.476. The molecule has 0 aliphatic carbocycles. The number of hydrogen-bond acceptors (Lipinski definition) is 4. The minimum atomic E-state index is -0.437. The Morgan fingerprint density at radius 3 is 2.48 bits per heavy atom. The molecule has 0 aromatic heterocycles. The predicted octanol–water partition coefficient (Wildman–Crippen LogP) is 2.72. The second-order valence-corrected chi connectivity index (χ2v) is 4.58. The van der Waals surface area contributed by atoms with Crippen molar-refractivity contribution in [1.82, 2.24) is 0 Å². The average Bonchev–Trinajstić information content (AvgIpc) is 2.49. The summed E-state index contributed by atoms with van der Waals surface area (Å²) in [5.41, 5.74) is 7.43. The van der Waals surface area contributed by atoms with Crippen LogP contribution in [0.25, 0.3) is 11.1 Å². The highest BCUT2D eigenvalue weighted by Crippen LogP contribution is 2.42. The molecule has 0 heterocycles. The maximum absolute atomic E-state index is 13.5. The first-order valence-corrected chi connectivity index (χ1v) is 6.54. The zero-order valence-electron chi connectivity index (χ0n) is 12.0. The van der Waals surface area contributed by atoms with Crippen molar-refractivity contribution in [1.29, 1.82) is 0 Å². The highest BCUT2D eigenvalue weighted by atomic mass is 19.1. The second-order valence-electron chi connectivity index (χ2n) is 4.58. The molecule has 3 N–H and O–H groups in total. The van der Waals surface area contributed by atoms with Crippen LogP contribution in [0, 0.1) is 5.82 Å². The van der Waals surface area contributed by atoms with E-state index in [1.54, 1.807) is 0 Å². The first kappa shape index (κ1) is 15.1. The summed E-state index contributed by atoms with van der Waals surface area (Å²) in [7, 11) is 3.03. The number of hydrogen-bond donors (Lipinski definition) is 2. The fourth-order valence-electron chi connectivity index (χ4n) is 2.26. The van der Waals surface area contributed by atoms with Crippen molar-refractivity contribution < 1.29 is 19.0 Å². The smallest absolute Gasteiger partial charge is 0.168 e. The van der Waals surface area contributed by atoms with Crippen LogP contribution in [0.3, 0.4) is 0 Å². The molecule has 0 bridgehead atoms. The van der Waals surface area contributed by atoms with Gasteiger partial charge in [0, 0.05) is 11.1 Å². The summed E-state index contributed by atoms with van der Waals surface area (Å²) in [4.78, 5) is 0. The molecule has 0 unspecified atom stereocenters. The van der Waals surface area contributed by atoms with E-state index in [1.807, 2.05) is 12.1 Å². The van der Waals surface area contributed by atoms with Crippen LogP contribution in [0.2, 0.25) is 0 Å². The Morgan fingerprint density at radius 1 is 1.10 bits per heavy atom. The topological polar surface area (TPSA) is 64.7 Å². The molecule has 0 atom stereocenters. The van der Waals surface area contributed by atoms with E-state index in [9.17, 15) is 9.50 Å². The molecule has 0 aliphatic rings. The molecule has 0 aliphatic heterocycles. The number of benzene rings is 2. The molecule has 21 heavy (non-hydrogen) atoms. The minimum Gasteiger partial charge on any atom is -0.507 e. The van der Waals surface area contributed by atoms with Crippen LogP contribution in [-0.4, -0.2) is 25.9 Å². The molecular formula is C16H18FNO3. The Bertz CT molecular complexity index is 644. The third kappa shape index (κ3) is 3.08. The number of nitrogens with two attached hydrogens (primary N) is 1. The van der Waals surface area contributed by atoms with Crippen molar-refractivity contribution in [3.05, 3.63) is 41.7 Å². The number of ether oxygens (including phenoxy) is 2. The molecule has 2 aromatic carbocycles. The molecule has 0 amide bonds. The van der Waals surface area contributed by atoms with Gasteiger partial charge in [0.15, 0.2) is 11.5 Å². The van der Waals surface area contributed by atoms with Gasteiger partial charge in [-0.15, -0.1) is 0 Å². The maximum atomic E-state index is 13.5. The third-order valence-electron chi connectivity index (χ3n) is 3.22. The summed E-state index contributed by atoms with van der Waals surface area (Å²) in [6, 6.07) is 7.42.